The summed E-state index contributed by atoms with van der Waals surface area (Å²) in [6.45, 7) is 0. The molecule has 2 aromatic carbocycles. The molecular weight excluding hydrogens is 279 g/mol. The second-order valence-corrected chi connectivity index (χ2v) is 4.29. The zero-order valence-corrected chi connectivity index (χ0v) is 10.5. The van der Waals surface area contributed by atoms with Crippen molar-refractivity contribution in [1.82, 2.24) is 10.1 Å². The third kappa shape index (κ3) is 2.36. The van der Waals surface area contributed by atoms with Gasteiger partial charge in [-0.05, 0) is 36.4 Å². The van der Waals surface area contributed by atoms with Crippen molar-refractivity contribution in [3.63, 3.8) is 0 Å². The van der Waals surface area contributed by atoms with Crippen molar-refractivity contribution in [3.05, 3.63) is 42.2 Å². The standard InChI is InChI=1S/C14H9FN2O4/c15-8-2-4-10(18)9(6-8)14-16-13(17-21-14)7-1-3-11(19)12(20)5-7/h1-6,18-20H. The number of hydrogen-bond donors (Lipinski definition) is 3. The van der Waals surface area contributed by atoms with E-state index in [2.05, 4.69) is 10.1 Å². The van der Waals surface area contributed by atoms with Crippen LogP contribution < -0.4 is 0 Å². The summed E-state index contributed by atoms with van der Waals surface area (Å²) in [4.78, 5) is 4.03. The van der Waals surface area contributed by atoms with E-state index in [9.17, 15) is 19.7 Å². The number of phenolic OH excluding ortho intramolecular Hbond substituents is 3. The molecule has 106 valence electrons. The van der Waals surface area contributed by atoms with Crippen LogP contribution in [0.4, 0.5) is 4.39 Å². The van der Waals surface area contributed by atoms with Gasteiger partial charge in [-0.3, -0.25) is 0 Å². The molecule has 0 amide bonds. The second kappa shape index (κ2) is 4.78. The monoisotopic (exact) mass is 288 g/mol. The molecule has 3 aromatic rings. The number of benzene rings is 2. The van der Waals surface area contributed by atoms with Crippen molar-refractivity contribution >= 4 is 0 Å². The molecule has 0 aliphatic heterocycles. The third-order valence-electron chi connectivity index (χ3n) is 2.85. The van der Waals surface area contributed by atoms with E-state index in [1.54, 1.807) is 0 Å². The van der Waals surface area contributed by atoms with Gasteiger partial charge >= 0.3 is 0 Å². The fraction of sp³-hybridized carbons (Fsp3) is 0. The Bertz CT molecular complexity index is 816. The number of aromatic nitrogens is 2. The highest BCUT2D eigenvalue weighted by atomic mass is 19.1. The molecule has 0 aliphatic carbocycles. The van der Waals surface area contributed by atoms with Crippen molar-refractivity contribution in [2.45, 2.75) is 0 Å². The zero-order valence-electron chi connectivity index (χ0n) is 10.5. The third-order valence-corrected chi connectivity index (χ3v) is 2.85. The summed E-state index contributed by atoms with van der Waals surface area (Å²) in [7, 11) is 0. The van der Waals surface area contributed by atoms with E-state index in [1.165, 1.54) is 24.3 Å². The van der Waals surface area contributed by atoms with Crippen molar-refractivity contribution in [2.75, 3.05) is 0 Å². The van der Waals surface area contributed by atoms with Crippen LogP contribution in [0.5, 0.6) is 17.2 Å². The lowest BCUT2D eigenvalue weighted by Gasteiger charge is -1.99. The Balaban J connectivity index is 2.03. The highest BCUT2D eigenvalue weighted by Gasteiger charge is 2.15. The first-order valence-electron chi connectivity index (χ1n) is 5.89. The Morgan fingerprint density at radius 1 is 0.905 bits per heavy atom. The minimum atomic E-state index is -0.551. The van der Waals surface area contributed by atoms with Gasteiger partial charge in [0.05, 0.1) is 5.56 Å². The maximum atomic E-state index is 13.2. The normalized spacial score (nSPS) is 10.7. The van der Waals surface area contributed by atoms with Crippen LogP contribution in [0.3, 0.4) is 0 Å². The molecule has 0 saturated carbocycles. The molecule has 1 aromatic heterocycles. The first-order chi connectivity index (χ1) is 10.0. The van der Waals surface area contributed by atoms with Crippen LogP contribution in [-0.2, 0) is 0 Å². The molecular formula is C14H9FN2O4. The van der Waals surface area contributed by atoms with Crippen LogP contribution >= 0.6 is 0 Å². The van der Waals surface area contributed by atoms with Crippen LogP contribution in [0.2, 0.25) is 0 Å². The first kappa shape index (κ1) is 12.9. The van der Waals surface area contributed by atoms with Gasteiger partial charge in [-0.25, -0.2) is 4.39 Å². The number of rotatable bonds is 2. The number of hydrogen-bond acceptors (Lipinski definition) is 6. The van der Waals surface area contributed by atoms with Gasteiger partial charge in [-0.2, -0.15) is 4.98 Å². The van der Waals surface area contributed by atoms with Crippen molar-refractivity contribution in [2.24, 2.45) is 0 Å². The van der Waals surface area contributed by atoms with Gasteiger partial charge in [0, 0.05) is 5.56 Å². The zero-order chi connectivity index (χ0) is 15.0. The van der Waals surface area contributed by atoms with E-state index in [-0.39, 0.29) is 34.5 Å². The summed E-state index contributed by atoms with van der Waals surface area (Å²) >= 11 is 0. The van der Waals surface area contributed by atoms with Crippen molar-refractivity contribution in [1.29, 1.82) is 0 Å². The Hall–Kier alpha value is -3.09. The molecule has 3 rings (SSSR count). The largest absolute Gasteiger partial charge is 0.507 e. The highest BCUT2D eigenvalue weighted by Crippen LogP contribution is 2.32. The minimum Gasteiger partial charge on any atom is -0.507 e. The summed E-state index contributed by atoms with van der Waals surface area (Å²) in [6.07, 6.45) is 0. The lowest BCUT2D eigenvalue weighted by molar-refractivity contribution is 0.403. The smallest absolute Gasteiger partial charge is 0.262 e. The predicted molar refractivity (Wildman–Crippen MR) is 70.1 cm³/mol. The van der Waals surface area contributed by atoms with Crippen LogP contribution in [0.1, 0.15) is 0 Å². The maximum Gasteiger partial charge on any atom is 0.262 e. The van der Waals surface area contributed by atoms with Gasteiger partial charge in [-0.15, -0.1) is 0 Å². The summed E-state index contributed by atoms with van der Waals surface area (Å²) < 4.78 is 18.2. The average molecular weight is 288 g/mol. The second-order valence-electron chi connectivity index (χ2n) is 4.29. The molecule has 0 fully saturated rings. The molecule has 0 spiro atoms. The Kier molecular flexibility index (Phi) is 2.94. The molecule has 0 atom stereocenters. The molecule has 0 saturated heterocycles. The molecule has 0 unspecified atom stereocenters. The number of phenols is 3. The van der Waals surface area contributed by atoms with Crippen LogP contribution in [-0.4, -0.2) is 25.5 Å². The fourth-order valence-electron chi connectivity index (χ4n) is 1.79. The molecule has 0 radical (unpaired) electrons. The SMILES string of the molecule is Oc1ccc(-c2noc(-c3cc(F)ccc3O)n2)cc1O. The summed E-state index contributed by atoms with van der Waals surface area (Å²) in [5, 5.41) is 32.1. The van der Waals surface area contributed by atoms with E-state index in [0.717, 1.165) is 12.1 Å². The lowest BCUT2D eigenvalue weighted by Crippen LogP contribution is -1.83. The van der Waals surface area contributed by atoms with Gasteiger partial charge in [-0.1, -0.05) is 5.16 Å². The fourth-order valence-corrected chi connectivity index (χ4v) is 1.79. The first-order valence-corrected chi connectivity index (χ1v) is 5.89. The summed E-state index contributed by atoms with van der Waals surface area (Å²) in [5.41, 5.74) is 0.466. The Morgan fingerprint density at radius 2 is 1.67 bits per heavy atom. The summed E-state index contributed by atoms with van der Waals surface area (Å²) in [6, 6.07) is 7.38. The number of aromatic hydroxyl groups is 3. The Labute approximate surface area is 117 Å². The van der Waals surface area contributed by atoms with Gasteiger partial charge in [0.1, 0.15) is 11.6 Å². The van der Waals surface area contributed by atoms with Crippen molar-refractivity contribution in [3.8, 4) is 40.1 Å². The Morgan fingerprint density at radius 3 is 2.43 bits per heavy atom. The number of nitrogens with zero attached hydrogens (tertiary/aromatic N) is 2. The molecule has 21 heavy (non-hydrogen) atoms. The van der Waals surface area contributed by atoms with E-state index in [0.29, 0.717) is 5.56 Å². The van der Waals surface area contributed by atoms with E-state index in [1.807, 2.05) is 0 Å². The van der Waals surface area contributed by atoms with Crippen LogP contribution in [0.15, 0.2) is 40.9 Å². The van der Waals surface area contributed by atoms with Crippen LogP contribution in [0, 0.1) is 5.82 Å². The van der Waals surface area contributed by atoms with Gasteiger partial charge < -0.3 is 19.8 Å². The average Bonchev–Trinajstić information content (AvgIpc) is 2.94. The predicted octanol–water partition coefficient (Wildman–Crippen LogP) is 2.66. The van der Waals surface area contributed by atoms with Gasteiger partial charge in [0.25, 0.3) is 5.89 Å². The molecule has 6 nitrogen and oxygen atoms in total. The number of halogens is 1. The molecule has 1 heterocycles. The minimum absolute atomic E-state index is 0.0606. The highest BCUT2D eigenvalue weighted by molar-refractivity contribution is 5.66. The maximum absolute atomic E-state index is 13.2. The molecule has 0 aliphatic rings. The van der Waals surface area contributed by atoms with E-state index < -0.39 is 5.82 Å². The summed E-state index contributed by atoms with van der Waals surface area (Å²) in [5.74, 6) is -1.28. The van der Waals surface area contributed by atoms with E-state index >= 15 is 0 Å². The van der Waals surface area contributed by atoms with Gasteiger partial charge in [0.15, 0.2) is 11.5 Å². The molecule has 0 bridgehead atoms. The van der Waals surface area contributed by atoms with Gasteiger partial charge in [0.2, 0.25) is 5.82 Å². The lowest BCUT2D eigenvalue weighted by atomic mass is 10.2. The van der Waals surface area contributed by atoms with Crippen LogP contribution in [0.25, 0.3) is 22.8 Å². The molecule has 3 N–H and O–H groups in total. The van der Waals surface area contributed by atoms with Crippen molar-refractivity contribution < 1.29 is 24.2 Å². The topological polar surface area (TPSA) is 99.6 Å². The van der Waals surface area contributed by atoms with E-state index in [4.69, 9.17) is 4.52 Å². The quantitative estimate of drug-likeness (QED) is 0.627. The molecule has 7 heteroatoms.